The molecular weight excluding hydrogens is 539 g/mol. The molecule has 1 amide bonds. The van der Waals surface area contributed by atoms with Gasteiger partial charge in [0.15, 0.2) is 10.2 Å². The van der Waals surface area contributed by atoms with Gasteiger partial charge in [0.05, 0.1) is 11.3 Å². The average molecular weight is 554 g/mol. The molecule has 35 heavy (non-hydrogen) atoms. The molecule has 3 aromatic rings. The molecule has 15 heteroatoms. The summed E-state index contributed by atoms with van der Waals surface area (Å²) in [5, 5.41) is 27.9. The van der Waals surface area contributed by atoms with Crippen molar-refractivity contribution in [2.75, 3.05) is 18.4 Å². The van der Waals surface area contributed by atoms with Crippen LogP contribution in [0.15, 0.2) is 47.7 Å². The Balaban J connectivity index is 0.000000196. The van der Waals surface area contributed by atoms with E-state index in [9.17, 15) is 14.9 Å². The van der Waals surface area contributed by atoms with E-state index in [0.717, 1.165) is 17.1 Å². The van der Waals surface area contributed by atoms with E-state index >= 15 is 0 Å². The van der Waals surface area contributed by atoms with Crippen molar-refractivity contribution in [2.45, 2.75) is 6.54 Å². The minimum Gasteiger partial charge on any atom is -0.349 e. The fourth-order valence-corrected chi connectivity index (χ4v) is 4.06. The molecule has 180 valence electrons. The summed E-state index contributed by atoms with van der Waals surface area (Å²) >= 11 is 18.1. The number of benzene rings is 1. The van der Waals surface area contributed by atoms with Crippen LogP contribution in [-0.4, -0.2) is 44.2 Å². The highest BCUT2D eigenvalue weighted by atomic mass is 35.5. The van der Waals surface area contributed by atoms with Crippen molar-refractivity contribution in [2.24, 2.45) is 5.10 Å². The number of halogens is 3. The zero-order valence-electron chi connectivity index (χ0n) is 17.6. The number of carbonyl (C=O) groups excluding carboxylic acids is 1. The number of nitro groups is 1. The number of nitrogens with zero attached hydrogens (tertiary/aromatic N) is 6. The summed E-state index contributed by atoms with van der Waals surface area (Å²) in [4.78, 5) is 28.2. The third-order valence-electron chi connectivity index (χ3n) is 4.40. The summed E-state index contributed by atoms with van der Waals surface area (Å²) in [6.07, 6.45) is 1.64. The highest BCUT2D eigenvalue weighted by Crippen LogP contribution is 2.29. The van der Waals surface area contributed by atoms with Crippen LogP contribution in [0.1, 0.15) is 20.8 Å². The predicted octanol–water partition coefficient (Wildman–Crippen LogP) is 4.26. The van der Waals surface area contributed by atoms with E-state index < -0.39 is 10.9 Å². The number of carbonyl (C=O) groups is 1. The molecule has 1 aliphatic rings. The van der Waals surface area contributed by atoms with E-state index in [0.29, 0.717) is 36.0 Å². The maximum Gasteiger partial charge on any atom is 0.271 e. The van der Waals surface area contributed by atoms with Gasteiger partial charge in [-0.1, -0.05) is 53.0 Å². The van der Waals surface area contributed by atoms with Crippen LogP contribution in [0.4, 0.5) is 5.69 Å². The van der Waals surface area contributed by atoms with E-state index in [-0.39, 0.29) is 21.0 Å². The highest BCUT2D eigenvalue weighted by molar-refractivity contribution is 7.09. The number of pyridine rings is 1. The van der Waals surface area contributed by atoms with Gasteiger partial charge in [-0.15, -0.1) is 0 Å². The molecule has 2 aromatic heterocycles. The van der Waals surface area contributed by atoms with Gasteiger partial charge >= 0.3 is 0 Å². The monoisotopic (exact) mass is 552 g/mol. The first kappa shape index (κ1) is 26.1. The first-order valence-electron chi connectivity index (χ1n) is 9.72. The molecule has 0 aliphatic carbocycles. The molecule has 1 aliphatic heterocycles. The second kappa shape index (κ2) is 12.3. The molecule has 0 spiro atoms. The summed E-state index contributed by atoms with van der Waals surface area (Å²) < 4.78 is 3.77. The maximum absolute atomic E-state index is 11.9. The van der Waals surface area contributed by atoms with E-state index in [1.807, 2.05) is 12.1 Å². The Kier molecular flexibility index (Phi) is 9.16. The molecule has 11 nitrogen and oxygen atoms in total. The van der Waals surface area contributed by atoms with E-state index in [4.69, 9.17) is 40.1 Å². The lowest BCUT2D eigenvalue weighted by Crippen LogP contribution is -2.30. The third-order valence-corrected chi connectivity index (χ3v) is 6.42. The van der Waals surface area contributed by atoms with Crippen molar-refractivity contribution >= 4 is 63.9 Å². The largest absolute Gasteiger partial charge is 0.349 e. The Morgan fingerprint density at radius 1 is 1.31 bits per heavy atom. The molecule has 0 atom stereocenters. The first-order chi connectivity index (χ1) is 16.8. The van der Waals surface area contributed by atoms with Gasteiger partial charge in [0.2, 0.25) is 0 Å². The highest BCUT2D eigenvalue weighted by Gasteiger charge is 2.21. The van der Waals surface area contributed by atoms with Crippen LogP contribution in [0.5, 0.6) is 0 Å². The van der Waals surface area contributed by atoms with Gasteiger partial charge in [0.1, 0.15) is 26.2 Å². The van der Waals surface area contributed by atoms with Crippen molar-refractivity contribution in [3.8, 4) is 6.07 Å². The van der Waals surface area contributed by atoms with Gasteiger partial charge in [-0.3, -0.25) is 4.79 Å². The van der Waals surface area contributed by atoms with Gasteiger partial charge in [0.25, 0.3) is 11.9 Å². The second-order valence-electron chi connectivity index (χ2n) is 6.73. The summed E-state index contributed by atoms with van der Waals surface area (Å²) in [7, 11) is 0. The van der Waals surface area contributed by atoms with Crippen LogP contribution in [0.25, 0.3) is 0 Å². The van der Waals surface area contributed by atoms with Gasteiger partial charge < -0.3 is 15.5 Å². The van der Waals surface area contributed by atoms with Crippen molar-refractivity contribution in [1.82, 2.24) is 19.6 Å². The lowest BCUT2D eigenvalue weighted by molar-refractivity contribution is -0.485. The minimum absolute atomic E-state index is 0.0976. The van der Waals surface area contributed by atoms with Crippen LogP contribution in [0.3, 0.4) is 0 Å². The van der Waals surface area contributed by atoms with Gasteiger partial charge in [-0.25, -0.2) is 15.1 Å². The number of guanidine groups is 1. The maximum atomic E-state index is 11.9. The summed E-state index contributed by atoms with van der Waals surface area (Å²) in [5.74, 6) is -0.156. The molecular formula is C20H15Cl3N8O3S. The first-order valence-corrected chi connectivity index (χ1v) is 11.6. The molecule has 0 saturated carbocycles. The SMILES string of the molecule is N#Cc1ccccc1NC(=O)c1snc(Cl)c1Cl.O=[N+]([O-])/N=C1\NCCN1Cc1ccc(Cl)nc1. The Labute approximate surface area is 218 Å². The number of nitriles is 1. The standard InChI is InChI=1S/C11H5Cl2N3OS.C9H10ClN5O2/c12-8-9(18-16-10(8)13)11(17)15-7-4-2-1-3-6(7)5-14;10-8-2-1-7(5-12-8)6-14-4-3-11-9(14)13-15(16)17/h1-4H,(H,15,17);1-2,5H,3-4,6H2,(H,11,13). The fourth-order valence-electron chi connectivity index (χ4n) is 2.84. The molecule has 3 heterocycles. The normalized spacial score (nSPS) is 13.4. The summed E-state index contributed by atoms with van der Waals surface area (Å²) in [5.41, 5.74) is 1.72. The van der Waals surface area contributed by atoms with Crippen molar-refractivity contribution in [3.63, 3.8) is 0 Å². The number of nitrogens with one attached hydrogen (secondary N) is 2. The molecule has 0 unspecified atom stereocenters. The fraction of sp³-hybridized carbons (Fsp3) is 0.150. The number of hydrazone groups is 1. The van der Waals surface area contributed by atoms with Gasteiger partial charge in [0, 0.05) is 25.8 Å². The number of hydrogen-bond donors (Lipinski definition) is 2. The van der Waals surface area contributed by atoms with Crippen molar-refractivity contribution < 1.29 is 9.83 Å². The Hall–Kier alpha value is -3.50. The smallest absolute Gasteiger partial charge is 0.271 e. The van der Waals surface area contributed by atoms with Crippen LogP contribution >= 0.6 is 46.3 Å². The number of para-hydroxylation sites is 1. The summed E-state index contributed by atoms with van der Waals surface area (Å²) in [6.45, 7) is 1.84. The molecule has 1 fully saturated rings. The second-order valence-corrected chi connectivity index (χ2v) is 8.62. The Bertz CT molecular complexity index is 1290. The molecule has 0 radical (unpaired) electrons. The van der Waals surface area contributed by atoms with E-state index in [1.165, 1.54) is 0 Å². The molecule has 2 N–H and O–H groups in total. The number of anilines is 1. The van der Waals surface area contributed by atoms with Crippen LogP contribution in [-0.2, 0) is 6.54 Å². The van der Waals surface area contributed by atoms with Crippen LogP contribution < -0.4 is 10.6 Å². The predicted molar refractivity (Wildman–Crippen MR) is 133 cm³/mol. The molecule has 4 rings (SSSR count). The van der Waals surface area contributed by atoms with E-state index in [2.05, 4.69) is 25.1 Å². The van der Waals surface area contributed by atoms with Crippen LogP contribution in [0, 0.1) is 21.4 Å². The minimum atomic E-state index is -0.708. The zero-order chi connectivity index (χ0) is 25.4. The average Bonchev–Trinajstić information content (AvgIpc) is 3.41. The Morgan fingerprint density at radius 2 is 2.09 bits per heavy atom. The molecule has 0 bridgehead atoms. The number of rotatable bonds is 5. The van der Waals surface area contributed by atoms with Gasteiger partial charge in [-0.05, 0) is 35.3 Å². The lowest BCUT2D eigenvalue weighted by Gasteiger charge is -2.14. The topological polar surface area (TPSA) is 149 Å². The number of amides is 1. The number of hydrogen-bond acceptors (Lipinski definition) is 7. The Morgan fingerprint density at radius 3 is 2.71 bits per heavy atom. The van der Waals surface area contributed by atoms with E-state index in [1.54, 1.807) is 41.4 Å². The quantitative estimate of drug-likeness (QED) is 0.270. The molecule has 1 saturated heterocycles. The summed E-state index contributed by atoms with van der Waals surface area (Å²) in [6, 6.07) is 12.2. The van der Waals surface area contributed by atoms with Gasteiger partial charge in [-0.2, -0.15) is 9.64 Å². The van der Waals surface area contributed by atoms with Crippen LogP contribution in [0.2, 0.25) is 15.3 Å². The lowest BCUT2D eigenvalue weighted by atomic mass is 10.2. The van der Waals surface area contributed by atoms with Crippen molar-refractivity contribution in [1.29, 1.82) is 5.26 Å². The third kappa shape index (κ3) is 7.24. The number of aromatic nitrogens is 2. The molecule has 1 aromatic carbocycles. The van der Waals surface area contributed by atoms with Crippen molar-refractivity contribution in [3.05, 3.63) is 84.0 Å². The zero-order valence-corrected chi connectivity index (χ0v) is 20.7.